The third-order valence-corrected chi connectivity index (χ3v) is 3.85. The van der Waals surface area contributed by atoms with Gasteiger partial charge in [-0.05, 0) is 31.2 Å². The van der Waals surface area contributed by atoms with Crippen LogP contribution in [-0.4, -0.2) is 47.3 Å². The molecule has 0 aliphatic carbocycles. The van der Waals surface area contributed by atoms with Crippen LogP contribution in [0.2, 0.25) is 0 Å². The summed E-state index contributed by atoms with van der Waals surface area (Å²) in [6.07, 6.45) is 2.15. The van der Waals surface area contributed by atoms with Crippen LogP contribution in [0, 0.1) is 11.6 Å². The molecule has 0 saturated heterocycles. The molecule has 2 heterocycles. The average Bonchev–Trinajstić information content (AvgIpc) is 3.22. The van der Waals surface area contributed by atoms with Crippen LogP contribution in [0.1, 0.15) is 12.7 Å². The van der Waals surface area contributed by atoms with Crippen LogP contribution >= 0.6 is 24.0 Å². The molecule has 0 fully saturated rings. The minimum atomic E-state index is -0.735. The monoisotopic (exact) mass is 544 g/mol. The van der Waals surface area contributed by atoms with E-state index in [0.717, 1.165) is 12.1 Å². The van der Waals surface area contributed by atoms with Gasteiger partial charge >= 0.3 is 0 Å². The number of hydrogen-bond donors (Lipinski definition) is 2. The Kier molecular flexibility index (Phi) is 10.1. The van der Waals surface area contributed by atoms with E-state index in [2.05, 4.69) is 30.8 Å². The molecule has 0 atom stereocenters. The Morgan fingerprint density at radius 2 is 2.06 bits per heavy atom. The van der Waals surface area contributed by atoms with E-state index >= 15 is 0 Å². The summed E-state index contributed by atoms with van der Waals surface area (Å²) in [5.41, 5.74) is 0.618. The summed E-state index contributed by atoms with van der Waals surface area (Å²) in [6, 6.07) is 8.64. The second kappa shape index (κ2) is 12.8. The lowest BCUT2D eigenvalue weighted by molar-refractivity contribution is 0.304. The van der Waals surface area contributed by atoms with E-state index in [-0.39, 0.29) is 36.3 Å². The van der Waals surface area contributed by atoms with E-state index in [1.165, 1.54) is 6.07 Å². The molecule has 31 heavy (non-hydrogen) atoms. The van der Waals surface area contributed by atoms with Crippen LogP contribution in [0.15, 0.2) is 52.1 Å². The first-order valence-corrected chi connectivity index (χ1v) is 9.49. The number of nitrogens with one attached hydrogen (secondary N) is 2. The predicted octanol–water partition coefficient (Wildman–Crippen LogP) is 3.20. The molecule has 0 bridgehead atoms. The molecule has 3 rings (SSSR count). The Morgan fingerprint density at radius 3 is 2.81 bits per heavy atom. The maximum atomic E-state index is 13.6. The van der Waals surface area contributed by atoms with Gasteiger partial charge in [0.1, 0.15) is 18.1 Å². The molecule has 166 valence electrons. The maximum Gasteiger partial charge on any atom is 0.276 e. The van der Waals surface area contributed by atoms with Crippen LogP contribution in [0.4, 0.5) is 8.78 Å². The molecule has 0 saturated carbocycles. The molecule has 0 radical (unpaired) electrons. The highest BCUT2D eigenvalue weighted by molar-refractivity contribution is 14.0. The van der Waals surface area contributed by atoms with Crippen molar-refractivity contribution in [3.63, 3.8) is 0 Å². The van der Waals surface area contributed by atoms with Crippen LogP contribution in [0.3, 0.4) is 0 Å². The van der Waals surface area contributed by atoms with Gasteiger partial charge in [-0.1, -0.05) is 11.2 Å². The third-order valence-electron chi connectivity index (χ3n) is 3.85. The Labute approximate surface area is 195 Å². The largest absolute Gasteiger partial charge is 0.489 e. The van der Waals surface area contributed by atoms with E-state index in [9.17, 15) is 8.78 Å². The zero-order valence-corrected chi connectivity index (χ0v) is 19.2. The van der Waals surface area contributed by atoms with Crippen molar-refractivity contribution in [3.8, 4) is 17.3 Å². The van der Waals surface area contributed by atoms with Crippen molar-refractivity contribution in [3.05, 3.63) is 60.1 Å². The minimum Gasteiger partial charge on any atom is -0.489 e. The van der Waals surface area contributed by atoms with E-state index in [1.54, 1.807) is 12.3 Å². The number of nitrogens with zero attached hydrogens (tertiary/aromatic N) is 4. The van der Waals surface area contributed by atoms with Crippen LogP contribution in [0.25, 0.3) is 11.6 Å². The van der Waals surface area contributed by atoms with Gasteiger partial charge in [-0.3, -0.25) is 9.98 Å². The molecule has 2 aromatic heterocycles. The number of ether oxygens (including phenoxy) is 1. The first-order chi connectivity index (χ1) is 14.7. The molecule has 0 unspecified atom stereocenters. The van der Waals surface area contributed by atoms with E-state index in [1.807, 2.05) is 19.1 Å². The molecule has 0 amide bonds. The zero-order valence-electron chi connectivity index (χ0n) is 16.8. The lowest BCUT2D eigenvalue weighted by Crippen LogP contribution is -2.39. The van der Waals surface area contributed by atoms with Crippen molar-refractivity contribution in [1.29, 1.82) is 0 Å². The Hall–Kier alpha value is -2.83. The van der Waals surface area contributed by atoms with Gasteiger partial charge < -0.3 is 19.9 Å². The maximum absolute atomic E-state index is 13.6. The standard InChI is InChI=1S/C20H22F2N6O2.HI/c1-2-23-20(26-11-12-29-17-7-6-14(21)13-15(17)22)25-10-8-18-27-19(30-28-18)16-5-3-4-9-24-16;/h3-7,9,13H,2,8,10-12H2,1H3,(H2,23,25,26);1H. The number of halogens is 3. The first-order valence-electron chi connectivity index (χ1n) is 9.49. The first kappa shape index (κ1) is 24.4. The summed E-state index contributed by atoms with van der Waals surface area (Å²) in [7, 11) is 0. The summed E-state index contributed by atoms with van der Waals surface area (Å²) in [4.78, 5) is 12.9. The van der Waals surface area contributed by atoms with E-state index in [0.29, 0.717) is 49.4 Å². The molecule has 0 aliphatic rings. The minimum absolute atomic E-state index is 0. The molecule has 0 spiro atoms. The molecule has 2 N–H and O–H groups in total. The van der Waals surface area contributed by atoms with Crippen molar-refractivity contribution in [2.45, 2.75) is 13.3 Å². The average molecular weight is 544 g/mol. The predicted molar refractivity (Wildman–Crippen MR) is 122 cm³/mol. The molecular formula is C20H23F2IN6O2. The lowest BCUT2D eigenvalue weighted by atomic mass is 10.3. The summed E-state index contributed by atoms with van der Waals surface area (Å²) >= 11 is 0. The lowest BCUT2D eigenvalue weighted by Gasteiger charge is -2.12. The SMILES string of the molecule is CCNC(=NCCc1noc(-c2ccccn2)n1)NCCOc1ccc(F)cc1F.I. The van der Waals surface area contributed by atoms with Crippen molar-refractivity contribution in [2.24, 2.45) is 4.99 Å². The van der Waals surface area contributed by atoms with Gasteiger partial charge in [0.05, 0.1) is 6.54 Å². The molecule has 0 aliphatic heterocycles. The Bertz CT molecular complexity index is 971. The number of aliphatic imine (C=N–C) groups is 1. The van der Waals surface area contributed by atoms with Gasteiger partial charge in [0.15, 0.2) is 23.4 Å². The Morgan fingerprint density at radius 1 is 1.19 bits per heavy atom. The van der Waals surface area contributed by atoms with Gasteiger partial charge in [0, 0.05) is 31.8 Å². The highest BCUT2D eigenvalue weighted by Crippen LogP contribution is 2.17. The van der Waals surface area contributed by atoms with Crippen molar-refractivity contribution < 1.29 is 18.0 Å². The van der Waals surface area contributed by atoms with E-state index < -0.39 is 11.6 Å². The molecule has 11 heteroatoms. The third kappa shape index (κ3) is 7.74. The van der Waals surface area contributed by atoms with Crippen molar-refractivity contribution in [1.82, 2.24) is 25.8 Å². The number of rotatable bonds is 9. The smallest absolute Gasteiger partial charge is 0.276 e. The van der Waals surface area contributed by atoms with Gasteiger partial charge in [-0.2, -0.15) is 4.98 Å². The fraction of sp³-hybridized carbons (Fsp3) is 0.300. The second-order valence-corrected chi connectivity index (χ2v) is 6.09. The molecule has 8 nitrogen and oxygen atoms in total. The molecular weight excluding hydrogens is 521 g/mol. The zero-order chi connectivity index (χ0) is 21.2. The number of benzene rings is 1. The van der Waals surface area contributed by atoms with Crippen LogP contribution in [0.5, 0.6) is 5.75 Å². The van der Waals surface area contributed by atoms with Crippen molar-refractivity contribution in [2.75, 3.05) is 26.2 Å². The van der Waals surface area contributed by atoms with Crippen LogP contribution < -0.4 is 15.4 Å². The molecule has 1 aromatic carbocycles. The quantitative estimate of drug-likeness (QED) is 0.185. The van der Waals surface area contributed by atoms with Crippen molar-refractivity contribution >= 4 is 29.9 Å². The fourth-order valence-corrected chi connectivity index (χ4v) is 2.48. The summed E-state index contributed by atoms with van der Waals surface area (Å²) < 4.78 is 37.0. The number of pyridine rings is 1. The van der Waals surface area contributed by atoms with Gasteiger partial charge in [-0.15, -0.1) is 24.0 Å². The highest BCUT2D eigenvalue weighted by Gasteiger charge is 2.09. The topological polar surface area (TPSA) is 97.5 Å². The summed E-state index contributed by atoms with van der Waals surface area (Å²) in [6.45, 7) is 3.62. The van der Waals surface area contributed by atoms with E-state index in [4.69, 9.17) is 9.26 Å². The fourth-order valence-electron chi connectivity index (χ4n) is 2.48. The van der Waals surface area contributed by atoms with Gasteiger partial charge in [-0.25, -0.2) is 8.78 Å². The summed E-state index contributed by atoms with van der Waals surface area (Å²) in [5.74, 6) is 0.0966. The van der Waals surface area contributed by atoms with Gasteiger partial charge in [0.2, 0.25) is 0 Å². The highest BCUT2D eigenvalue weighted by atomic mass is 127. The number of hydrogen-bond acceptors (Lipinski definition) is 6. The number of guanidine groups is 1. The van der Waals surface area contributed by atoms with Gasteiger partial charge in [0.25, 0.3) is 5.89 Å². The molecule has 3 aromatic rings. The van der Waals surface area contributed by atoms with Crippen LogP contribution in [-0.2, 0) is 6.42 Å². The Balaban J connectivity index is 0.00000341. The summed E-state index contributed by atoms with van der Waals surface area (Å²) in [5, 5.41) is 10.1. The number of aromatic nitrogens is 3. The normalized spacial score (nSPS) is 11.0. The second-order valence-electron chi connectivity index (χ2n) is 6.09.